The van der Waals surface area contributed by atoms with Crippen LogP contribution >= 0.6 is 38.5 Å². The maximum atomic E-state index is 5.14. The van der Waals surface area contributed by atoms with Crippen molar-refractivity contribution in [2.45, 2.75) is 19.1 Å². The van der Waals surface area contributed by atoms with Gasteiger partial charge in [0.25, 0.3) is 0 Å². The zero-order valence-electron chi connectivity index (χ0n) is 14.3. The van der Waals surface area contributed by atoms with Crippen molar-refractivity contribution >= 4 is 49.9 Å². The molecule has 4 rings (SSSR count). The van der Waals surface area contributed by atoms with Crippen LogP contribution in [0.2, 0.25) is 0 Å². The molecule has 0 aromatic heterocycles. The minimum atomic E-state index is -0.00934. The lowest BCUT2D eigenvalue weighted by molar-refractivity contribution is 0.675. The number of anilines is 1. The summed E-state index contributed by atoms with van der Waals surface area (Å²) in [5.74, 6) is 0. The zero-order chi connectivity index (χ0) is 18.1. The molecule has 0 bridgehead atoms. The van der Waals surface area contributed by atoms with Crippen LogP contribution < -0.4 is 4.90 Å². The van der Waals surface area contributed by atoms with Gasteiger partial charge in [-0.1, -0.05) is 58.4 Å². The van der Waals surface area contributed by atoms with Gasteiger partial charge in [0.05, 0.1) is 11.8 Å². The lowest BCUT2D eigenvalue weighted by atomic mass is 10.0. The summed E-state index contributed by atoms with van der Waals surface area (Å²) in [7, 11) is 0. The van der Waals surface area contributed by atoms with Crippen molar-refractivity contribution in [3.05, 3.63) is 98.0 Å². The van der Waals surface area contributed by atoms with Crippen molar-refractivity contribution in [3.8, 4) is 0 Å². The molecular weight excluding hydrogens is 499 g/mol. The van der Waals surface area contributed by atoms with Crippen molar-refractivity contribution in [1.82, 2.24) is 0 Å². The predicted octanol–water partition coefficient (Wildman–Crippen LogP) is 6.45. The van der Waals surface area contributed by atoms with Gasteiger partial charge in [0.1, 0.15) is 6.17 Å². The third-order valence-electron chi connectivity index (χ3n) is 4.70. The maximum absolute atomic E-state index is 5.14. The summed E-state index contributed by atoms with van der Waals surface area (Å²) in [6.07, 6.45) is -0.00934. The van der Waals surface area contributed by atoms with Gasteiger partial charge in [-0.15, -0.1) is 0 Å². The smallest absolute Gasteiger partial charge is 0.148 e. The van der Waals surface area contributed by atoms with E-state index in [2.05, 4.69) is 129 Å². The zero-order valence-corrected chi connectivity index (χ0v) is 18.1. The molecule has 0 aliphatic carbocycles. The summed E-state index contributed by atoms with van der Waals surface area (Å²) in [5, 5.41) is 0. The minimum Gasteiger partial charge on any atom is -0.337 e. The molecule has 3 aromatic carbocycles. The van der Waals surface area contributed by atoms with E-state index in [0.29, 0.717) is 0 Å². The van der Waals surface area contributed by atoms with E-state index in [9.17, 15) is 0 Å². The molecule has 0 amide bonds. The van der Waals surface area contributed by atoms with E-state index in [1.54, 1.807) is 0 Å². The standard InChI is InChI=1S/C22H18BrIN2/c1-15-21(16-7-9-18(23)10-8-16)25-22(17-5-3-2-4-6-17)26(15)20-13-11-19(24)12-14-20/h2-15,22H,1H3. The van der Waals surface area contributed by atoms with Crippen molar-refractivity contribution < 1.29 is 0 Å². The van der Waals surface area contributed by atoms with Crippen LogP contribution in [0.3, 0.4) is 0 Å². The Balaban J connectivity index is 1.79. The Kier molecular flexibility index (Phi) is 5.14. The third-order valence-corrected chi connectivity index (χ3v) is 5.95. The number of hydrogen-bond donors (Lipinski definition) is 0. The Bertz CT molecular complexity index is 921. The highest BCUT2D eigenvalue weighted by Crippen LogP contribution is 2.37. The third kappa shape index (κ3) is 3.45. The molecule has 0 radical (unpaired) electrons. The normalized spacial score (nSPS) is 19.5. The molecular formula is C22H18BrIN2. The molecule has 2 nitrogen and oxygen atoms in total. The van der Waals surface area contributed by atoms with E-state index in [1.807, 2.05) is 0 Å². The van der Waals surface area contributed by atoms with Crippen LogP contribution in [0.25, 0.3) is 0 Å². The highest BCUT2D eigenvalue weighted by molar-refractivity contribution is 14.1. The largest absolute Gasteiger partial charge is 0.337 e. The average Bonchev–Trinajstić information content (AvgIpc) is 3.01. The highest BCUT2D eigenvalue weighted by Gasteiger charge is 2.35. The summed E-state index contributed by atoms with van der Waals surface area (Å²) >= 11 is 5.87. The second-order valence-electron chi connectivity index (χ2n) is 6.37. The average molecular weight is 517 g/mol. The van der Waals surface area contributed by atoms with Crippen molar-refractivity contribution in [3.63, 3.8) is 0 Å². The van der Waals surface area contributed by atoms with Gasteiger partial charge in [0, 0.05) is 13.7 Å². The Labute approximate surface area is 176 Å². The Morgan fingerprint density at radius 1 is 0.885 bits per heavy atom. The Morgan fingerprint density at radius 3 is 2.19 bits per heavy atom. The number of hydrogen-bond acceptors (Lipinski definition) is 2. The van der Waals surface area contributed by atoms with E-state index in [4.69, 9.17) is 4.99 Å². The first kappa shape index (κ1) is 17.7. The molecule has 0 saturated carbocycles. The second-order valence-corrected chi connectivity index (χ2v) is 8.53. The number of aliphatic imine (C=N–C) groups is 1. The summed E-state index contributed by atoms with van der Waals surface area (Å²) in [6.45, 7) is 2.24. The minimum absolute atomic E-state index is 0.00934. The summed E-state index contributed by atoms with van der Waals surface area (Å²) in [5.41, 5.74) is 4.71. The molecule has 3 aromatic rings. The van der Waals surface area contributed by atoms with Crippen LogP contribution in [0.15, 0.2) is 88.3 Å². The molecule has 26 heavy (non-hydrogen) atoms. The van der Waals surface area contributed by atoms with Gasteiger partial charge in [0.15, 0.2) is 0 Å². The van der Waals surface area contributed by atoms with Gasteiger partial charge in [-0.25, -0.2) is 0 Å². The van der Waals surface area contributed by atoms with E-state index in [-0.39, 0.29) is 12.2 Å². The fraction of sp³-hybridized carbons (Fsp3) is 0.136. The van der Waals surface area contributed by atoms with Crippen LogP contribution in [0.4, 0.5) is 5.69 Å². The Morgan fingerprint density at radius 2 is 1.54 bits per heavy atom. The van der Waals surface area contributed by atoms with Crippen LogP contribution in [0.1, 0.15) is 24.2 Å². The maximum Gasteiger partial charge on any atom is 0.148 e. The van der Waals surface area contributed by atoms with Crippen LogP contribution in [0, 0.1) is 3.57 Å². The molecule has 1 aliphatic heterocycles. The molecule has 2 unspecified atom stereocenters. The first-order chi connectivity index (χ1) is 12.6. The lowest BCUT2D eigenvalue weighted by Crippen LogP contribution is -2.35. The van der Waals surface area contributed by atoms with Crippen molar-refractivity contribution in [1.29, 1.82) is 0 Å². The van der Waals surface area contributed by atoms with Crippen LogP contribution in [0.5, 0.6) is 0 Å². The molecule has 0 N–H and O–H groups in total. The number of rotatable bonds is 3. The molecule has 0 saturated heterocycles. The first-order valence-corrected chi connectivity index (χ1v) is 10.4. The Hall–Kier alpha value is -1.66. The molecule has 1 aliphatic rings. The van der Waals surface area contributed by atoms with Gasteiger partial charge in [0.2, 0.25) is 0 Å². The monoisotopic (exact) mass is 516 g/mol. The fourth-order valence-corrected chi connectivity index (χ4v) is 4.04. The number of halogens is 2. The lowest BCUT2D eigenvalue weighted by Gasteiger charge is -2.30. The first-order valence-electron chi connectivity index (χ1n) is 8.56. The quantitative estimate of drug-likeness (QED) is 0.365. The van der Waals surface area contributed by atoms with E-state index in [0.717, 1.165) is 10.2 Å². The number of benzene rings is 3. The summed E-state index contributed by atoms with van der Waals surface area (Å²) in [4.78, 5) is 7.55. The predicted molar refractivity (Wildman–Crippen MR) is 121 cm³/mol. The second kappa shape index (κ2) is 7.53. The molecule has 1 heterocycles. The molecule has 0 spiro atoms. The molecule has 0 fully saturated rings. The molecule has 130 valence electrons. The van der Waals surface area contributed by atoms with Crippen LogP contribution in [-0.4, -0.2) is 11.8 Å². The topological polar surface area (TPSA) is 15.6 Å². The summed E-state index contributed by atoms with van der Waals surface area (Å²) in [6, 6.07) is 27.8. The van der Waals surface area contributed by atoms with Gasteiger partial charge >= 0.3 is 0 Å². The van der Waals surface area contributed by atoms with Gasteiger partial charge in [-0.05, 0) is 77.0 Å². The van der Waals surface area contributed by atoms with E-state index >= 15 is 0 Å². The van der Waals surface area contributed by atoms with Gasteiger partial charge < -0.3 is 4.90 Å². The fourth-order valence-electron chi connectivity index (χ4n) is 3.42. The molecule has 2 atom stereocenters. The molecule has 4 heteroatoms. The summed E-state index contributed by atoms with van der Waals surface area (Å²) < 4.78 is 2.32. The van der Waals surface area contributed by atoms with Crippen molar-refractivity contribution in [2.24, 2.45) is 4.99 Å². The van der Waals surface area contributed by atoms with Crippen LogP contribution in [-0.2, 0) is 0 Å². The number of nitrogens with zero attached hydrogens (tertiary/aromatic N) is 2. The van der Waals surface area contributed by atoms with Gasteiger partial charge in [-0.3, -0.25) is 4.99 Å². The van der Waals surface area contributed by atoms with E-state index in [1.165, 1.54) is 20.4 Å². The SMILES string of the molecule is CC1C(c2ccc(Br)cc2)=NC(c2ccccc2)N1c1ccc(I)cc1. The highest BCUT2D eigenvalue weighted by atomic mass is 127. The van der Waals surface area contributed by atoms with Crippen molar-refractivity contribution in [2.75, 3.05) is 4.90 Å². The van der Waals surface area contributed by atoms with Gasteiger partial charge in [-0.2, -0.15) is 0 Å². The van der Waals surface area contributed by atoms with E-state index < -0.39 is 0 Å².